The average molecular weight is 328 g/mol. The summed E-state index contributed by atoms with van der Waals surface area (Å²) in [6.07, 6.45) is 1.78. The van der Waals surface area contributed by atoms with Crippen LogP contribution < -0.4 is 5.43 Å². The fraction of sp³-hybridized carbons (Fsp3) is 0.182. The number of carbonyl (C=O) groups excluding carboxylic acids is 1. The largest absolute Gasteiger partial charge is 0.271 e. The normalized spacial score (nSPS) is 10.4. The number of carbonyl (C=O) groups is 1. The summed E-state index contributed by atoms with van der Waals surface area (Å²) in [5, 5.41) is 19.1. The third kappa shape index (κ3) is 3.14. The second kappa shape index (κ2) is 6.10. The SMILES string of the molecule is CSc1nnc(C)n1NC(=O)c1cc([N+](=O)[O-])ccc1Cl. The fourth-order valence-electron chi connectivity index (χ4n) is 1.57. The molecule has 0 saturated carbocycles. The molecular weight excluding hydrogens is 318 g/mol. The summed E-state index contributed by atoms with van der Waals surface area (Å²) >= 11 is 7.22. The van der Waals surface area contributed by atoms with Gasteiger partial charge in [0.05, 0.1) is 15.5 Å². The van der Waals surface area contributed by atoms with E-state index in [-0.39, 0.29) is 16.3 Å². The summed E-state index contributed by atoms with van der Waals surface area (Å²) in [5.41, 5.74) is 2.35. The molecular formula is C11H10ClN5O3S. The molecule has 0 unspecified atom stereocenters. The molecule has 0 atom stereocenters. The van der Waals surface area contributed by atoms with Gasteiger partial charge in [-0.3, -0.25) is 20.3 Å². The van der Waals surface area contributed by atoms with Gasteiger partial charge < -0.3 is 0 Å². The molecule has 1 amide bonds. The van der Waals surface area contributed by atoms with E-state index in [1.54, 1.807) is 13.2 Å². The molecule has 1 N–H and O–H groups in total. The van der Waals surface area contributed by atoms with Crippen molar-refractivity contribution in [3.63, 3.8) is 0 Å². The van der Waals surface area contributed by atoms with Crippen molar-refractivity contribution in [2.45, 2.75) is 12.1 Å². The number of halogens is 1. The molecule has 10 heteroatoms. The van der Waals surface area contributed by atoms with Crippen LogP contribution in [0.25, 0.3) is 0 Å². The predicted octanol–water partition coefficient (Wildman–Crippen LogP) is 2.25. The number of nitrogens with one attached hydrogen (secondary N) is 1. The van der Waals surface area contributed by atoms with Gasteiger partial charge in [0, 0.05) is 12.1 Å². The van der Waals surface area contributed by atoms with E-state index in [0.29, 0.717) is 11.0 Å². The Hall–Kier alpha value is -2.13. The van der Waals surface area contributed by atoms with Crippen LogP contribution in [0.3, 0.4) is 0 Å². The predicted molar refractivity (Wildman–Crippen MR) is 78.3 cm³/mol. The molecule has 21 heavy (non-hydrogen) atoms. The van der Waals surface area contributed by atoms with Crippen molar-refractivity contribution in [3.05, 3.63) is 44.7 Å². The number of rotatable bonds is 4. The summed E-state index contributed by atoms with van der Waals surface area (Å²) in [4.78, 5) is 22.4. The van der Waals surface area contributed by atoms with Crippen molar-refractivity contribution >= 4 is 35.0 Å². The van der Waals surface area contributed by atoms with Gasteiger partial charge >= 0.3 is 0 Å². The summed E-state index contributed by atoms with van der Waals surface area (Å²) in [7, 11) is 0. The second-order valence-electron chi connectivity index (χ2n) is 3.93. The van der Waals surface area contributed by atoms with Crippen molar-refractivity contribution in [3.8, 4) is 0 Å². The smallest absolute Gasteiger partial charge is 0.267 e. The number of aryl methyl sites for hydroxylation is 1. The first-order chi connectivity index (χ1) is 9.93. The second-order valence-corrected chi connectivity index (χ2v) is 5.11. The first kappa shape index (κ1) is 15.3. The van der Waals surface area contributed by atoms with Gasteiger partial charge in [-0.05, 0) is 19.2 Å². The van der Waals surface area contributed by atoms with Crippen LogP contribution in [0.15, 0.2) is 23.4 Å². The molecule has 0 aliphatic rings. The number of nitrogens with zero attached hydrogens (tertiary/aromatic N) is 4. The lowest BCUT2D eigenvalue weighted by Gasteiger charge is -2.10. The van der Waals surface area contributed by atoms with Crippen LogP contribution in [0.1, 0.15) is 16.2 Å². The Morgan fingerprint density at radius 3 is 2.81 bits per heavy atom. The zero-order valence-electron chi connectivity index (χ0n) is 11.0. The van der Waals surface area contributed by atoms with E-state index >= 15 is 0 Å². The van der Waals surface area contributed by atoms with Gasteiger partial charge in [0.2, 0.25) is 5.16 Å². The lowest BCUT2D eigenvalue weighted by Crippen LogP contribution is -2.25. The first-order valence-corrected chi connectivity index (χ1v) is 7.25. The summed E-state index contributed by atoms with van der Waals surface area (Å²) in [5.74, 6) is -0.101. The maximum Gasteiger partial charge on any atom is 0.271 e. The molecule has 0 bridgehead atoms. The number of hydrogen-bond donors (Lipinski definition) is 1. The topological polar surface area (TPSA) is 103 Å². The molecule has 0 aliphatic carbocycles. The van der Waals surface area contributed by atoms with Crippen molar-refractivity contribution in [1.82, 2.24) is 14.9 Å². The molecule has 1 aromatic heterocycles. The number of benzene rings is 1. The first-order valence-electron chi connectivity index (χ1n) is 5.65. The highest BCUT2D eigenvalue weighted by Gasteiger charge is 2.18. The lowest BCUT2D eigenvalue weighted by molar-refractivity contribution is -0.384. The number of nitro groups is 1. The van der Waals surface area contributed by atoms with Crippen molar-refractivity contribution in [2.75, 3.05) is 11.7 Å². The Morgan fingerprint density at radius 1 is 1.48 bits per heavy atom. The van der Waals surface area contributed by atoms with Crippen LogP contribution in [-0.2, 0) is 0 Å². The number of hydrogen-bond acceptors (Lipinski definition) is 6. The van der Waals surface area contributed by atoms with E-state index in [2.05, 4.69) is 15.6 Å². The molecule has 1 heterocycles. The number of thioether (sulfide) groups is 1. The fourth-order valence-corrected chi connectivity index (χ4v) is 2.25. The summed E-state index contributed by atoms with van der Waals surface area (Å²) in [6.45, 7) is 1.67. The van der Waals surface area contributed by atoms with Gasteiger partial charge in [-0.15, -0.1) is 10.2 Å². The highest BCUT2D eigenvalue weighted by atomic mass is 35.5. The van der Waals surface area contributed by atoms with Crippen LogP contribution in [0.4, 0.5) is 5.69 Å². The molecule has 2 aromatic rings. The minimum Gasteiger partial charge on any atom is -0.267 e. The van der Waals surface area contributed by atoms with Crippen molar-refractivity contribution in [2.24, 2.45) is 0 Å². The van der Waals surface area contributed by atoms with E-state index in [9.17, 15) is 14.9 Å². The van der Waals surface area contributed by atoms with Gasteiger partial charge in [0.15, 0.2) is 0 Å². The van der Waals surface area contributed by atoms with Gasteiger partial charge in [0.1, 0.15) is 5.82 Å². The molecule has 0 fully saturated rings. The minimum atomic E-state index is -0.593. The van der Waals surface area contributed by atoms with Gasteiger partial charge in [-0.25, -0.2) is 4.68 Å². The van der Waals surface area contributed by atoms with Crippen molar-refractivity contribution in [1.29, 1.82) is 0 Å². The summed E-state index contributed by atoms with van der Waals surface area (Å²) < 4.78 is 1.39. The molecule has 1 aromatic carbocycles. The Bertz CT molecular complexity index is 718. The number of nitro benzene ring substituents is 1. The van der Waals surface area contributed by atoms with Crippen LogP contribution in [0, 0.1) is 17.0 Å². The Morgan fingerprint density at radius 2 is 2.19 bits per heavy atom. The number of amides is 1. The number of aromatic nitrogens is 3. The van der Waals surface area contributed by atoms with Gasteiger partial charge in [-0.1, -0.05) is 23.4 Å². The third-order valence-corrected chi connectivity index (χ3v) is 3.56. The Labute approximate surface area is 128 Å². The molecule has 2 rings (SSSR count). The summed E-state index contributed by atoms with van der Waals surface area (Å²) in [6, 6.07) is 3.66. The van der Waals surface area contributed by atoms with E-state index in [1.165, 1.54) is 28.6 Å². The third-order valence-electron chi connectivity index (χ3n) is 2.60. The molecule has 0 aliphatic heterocycles. The van der Waals surface area contributed by atoms with E-state index in [4.69, 9.17) is 11.6 Å². The molecule has 8 nitrogen and oxygen atoms in total. The zero-order chi connectivity index (χ0) is 15.6. The van der Waals surface area contributed by atoms with E-state index < -0.39 is 10.8 Å². The molecule has 0 radical (unpaired) electrons. The zero-order valence-corrected chi connectivity index (χ0v) is 12.6. The van der Waals surface area contributed by atoms with Crippen LogP contribution in [0.2, 0.25) is 5.02 Å². The Kier molecular flexibility index (Phi) is 4.43. The minimum absolute atomic E-state index is 0.00557. The highest BCUT2D eigenvalue weighted by Crippen LogP contribution is 2.22. The van der Waals surface area contributed by atoms with E-state index in [0.717, 1.165) is 6.07 Å². The maximum atomic E-state index is 12.2. The quantitative estimate of drug-likeness (QED) is 0.525. The molecule has 0 spiro atoms. The van der Waals surface area contributed by atoms with Crippen LogP contribution >= 0.6 is 23.4 Å². The highest BCUT2D eigenvalue weighted by molar-refractivity contribution is 7.98. The molecule has 0 saturated heterocycles. The van der Waals surface area contributed by atoms with Gasteiger partial charge in [-0.2, -0.15) is 0 Å². The number of non-ortho nitro benzene ring substituents is 1. The lowest BCUT2D eigenvalue weighted by atomic mass is 10.2. The van der Waals surface area contributed by atoms with Gasteiger partial charge in [0.25, 0.3) is 11.6 Å². The van der Waals surface area contributed by atoms with E-state index in [1.807, 2.05) is 0 Å². The Balaban J connectivity index is 2.34. The maximum absolute atomic E-state index is 12.2. The monoisotopic (exact) mass is 327 g/mol. The molecule has 110 valence electrons. The standard InChI is InChI=1S/C11H10ClN5O3S/c1-6-13-14-11(21-2)16(6)15-10(18)8-5-7(17(19)20)3-4-9(8)12/h3-5H,1-2H3,(H,15,18). The average Bonchev–Trinajstić information content (AvgIpc) is 2.79. The van der Waals surface area contributed by atoms with Crippen molar-refractivity contribution < 1.29 is 9.72 Å². The van der Waals surface area contributed by atoms with Crippen LogP contribution in [0.5, 0.6) is 0 Å². The van der Waals surface area contributed by atoms with Crippen LogP contribution in [-0.4, -0.2) is 32.0 Å².